The molecule has 0 spiro atoms. The predicted octanol–water partition coefficient (Wildman–Crippen LogP) is 4.92. The van der Waals surface area contributed by atoms with Gasteiger partial charge in [-0.25, -0.2) is 0 Å². The number of fused-ring (bicyclic) bond motifs is 1. The lowest BCUT2D eigenvalue weighted by molar-refractivity contribution is 0.199. The van der Waals surface area contributed by atoms with Gasteiger partial charge in [0.15, 0.2) is 0 Å². The summed E-state index contributed by atoms with van der Waals surface area (Å²) in [5.41, 5.74) is 5.24. The van der Waals surface area contributed by atoms with E-state index >= 15 is 0 Å². The van der Waals surface area contributed by atoms with E-state index in [-0.39, 0.29) is 0 Å². The van der Waals surface area contributed by atoms with Gasteiger partial charge in [-0.1, -0.05) is 42.5 Å². The Bertz CT molecular complexity index is 848. The highest BCUT2D eigenvalue weighted by Crippen LogP contribution is 2.32. The van der Waals surface area contributed by atoms with Crippen LogP contribution in [0.5, 0.6) is 0 Å². The maximum atomic E-state index is 10.0. The van der Waals surface area contributed by atoms with Crippen LogP contribution < -0.4 is 0 Å². The predicted molar refractivity (Wildman–Crippen MR) is 95.4 cm³/mol. The standard InChI is InChI=1S/C21H22O2/c1-13-7-8-17(14(2)22)11-20(13)18-10-9-16-5-4-6-19(15(3)23)21(16)12-18/h4-12,14-15,22-23H,1-3H3. The van der Waals surface area contributed by atoms with Crippen molar-refractivity contribution in [3.05, 3.63) is 71.3 Å². The third-order valence-electron chi connectivity index (χ3n) is 4.42. The molecule has 0 amide bonds. The summed E-state index contributed by atoms with van der Waals surface area (Å²) >= 11 is 0. The molecule has 3 rings (SSSR count). The topological polar surface area (TPSA) is 40.5 Å². The van der Waals surface area contributed by atoms with Crippen LogP contribution in [-0.4, -0.2) is 10.2 Å². The van der Waals surface area contributed by atoms with Gasteiger partial charge in [-0.3, -0.25) is 0 Å². The molecule has 3 aromatic carbocycles. The lowest BCUT2D eigenvalue weighted by Gasteiger charge is -2.14. The van der Waals surface area contributed by atoms with Crippen molar-refractivity contribution in [2.45, 2.75) is 33.0 Å². The van der Waals surface area contributed by atoms with E-state index in [9.17, 15) is 10.2 Å². The Morgan fingerprint density at radius 3 is 2.30 bits per heavy atom. The Morgan fingerprint density at radius 1 is 0.826 bits per heavy atom. The summed E-state index contributed by atoms with van der Waals surface area (Å²) in [6.07, 6.45) is -0.985. The molecule has 2 N–H and O–H groups in total. The molecule has 0 radical (unpaired) electrons. The first-order valence-corrected chi connectivity index (χ1v) is 7.97. The fraction of sp³-hybridized carbons (Fsp3) is 0.238. The number of hydrogen-bond acceptors (Lipinski definition) is 2. The molecule has 0 heterocycles. The largest absolute Gasteiger partial charge is 0.389 e. The maximum Gasteiger partial charge on any atom is 0.0767 e. The van der Waals surface area contributed by atoms with Gasteiger partial charge >= 0.3 is 0 Å². The monoisotopic (exact) mass is 306 g/mol. The second-order valence-electron chi connectivity index (χ2n) is 6.21. The van der Waals surface area contributed by atoms with Gasteiger partial charge in [-0.05, 0) is 71.5 Å². The van der Waals surface area contributed by atoms with Gasteiger partial charge in [0.05, 0.1) is 12.2 Å². The van der Waals surface area contributed by atoms with Crippen molar-refractivity contribution in [2.75, 3.05) is 0 Å². The van der Waals surface area contributed by atoms with Crippen molar-refractivity contribution < 1.29 is 10.2 Å². The Labute approximate surface area is 137 Å². The minimum atomic E-state index is -0.501. The minimum absolute atomic E-state index is 0.483. The number of hydrogen-bond donors (Lipinski definition) is 2. The average molecular weight is 306 g/mol. The van der Waals surface area contributed by atoms with Crippen LogP contribution in [0.4, 0.5) is 0 Å². The van der Waals surface area contributed by atoms with Crippen LogP contribution >= 0.6 is 0 Å². The van der Waals surface area contributed by atoms with E-state index in [4.69, 9.17) is 0 Å². The van der Waals surface area contributed by atoms with Gasteiger partial charge in [0.2, 0.25) is 0 Å². The van der Waals surface area contributed by atoms with Crippen molar-refractivity contribution in [3.8, 4) is 11.1 Å². The fourth-order valence-electron chi connectivity index (χ4n) is 3.04. The van der Waals surface area contributed by atoms with Crippen LogP contribution in [-0.2, 0) is 0 Å². The van der Waals surface area contributed by atoms with Gasteiger partial charge in [-0.2, -0.15) is 0 Å². The summed E-state index contributed by atoms with van der Waals surface area (Å²) in [5, 5.41) is 22.1. The molecule has 0 bridgehead atoms. The summed E-state index contributed by atoms with van der Waals surface area (Å²) in [6, 6.07) is 18.4. The first-order chi connectivity index (χ1) is 11.0. The van der Waals surface area contributed by atoms with Crippen LogP contribution in [0.2, 0.25) is 0 Å². The lowest BCUT2D eigenvalue weighted by atomic mass is 9.93. The molecule has 2 atom stereocenters. The van der Waals surface area contributed by atoms with Crippen LogP contribution in [0.15, 0.2) is 54.6 Å². The third kappa shape index (κ3) is 3.00. The highest BCUT2D eigenvalue weighted by Gasteiger charge is 2.10. The molecule has 0 aromatic heterocycles. The zero-order chi connectivity index (χ0) is 16.6. The molecule has 3 aromatic rings. The van der Waals surface area contributed by atoms with E-state index in [0.29, 0.717) is 0 Å². The number of aliphatic hydroxyl groups is 2. The van der Waals surface area contributed by atoms with Gasteiger partial charge in [0.1, 0.15) is 0 Å². The molecule has 0 aliphatic rings. The third-order valence-corrected chi connectivity index (χ3v) is 4.42. The molecule has 2 unspecified atom stereocenters. The number of aliphatic hydroxyl groups excluding tert-OH is 2. The molecule has 2 heteroatoms. The smallest absolute Gasteiger partial charge is 0.0767 e. The molecular formula is C21H22O2. The molecule has 0 fully saturated rings. The van der Waals surface area contributed by atoms with Crippen molar-refractivity contribution in [1.82, 2.24) is 0 Å². The second-order valence-corrected chi connectivity index (χ2v) is 6.21. The Balaban J connectivity index is 2.21. The Hall–Kier alpha value is -2.16. The van der Waals surface area contributed by atoms with E-state index in [1.807, 2.05) is 30.3 Å². The van der Waals surface area contributed by atoms with E-state index in [1.165, 1.54) is 5.56 Å². The van der Waals surface area contributed by atoms with Crippen molar-refractivity contribution in [3.63, 3.8) is 0 Å². The summed E-state index contributed by atoms with van der Waals surface area (Å²) in [6.45, 7) is 5.65. The first kappa shape index (κ1) is 15.7. The maximum absolute atomic E-state index is 10.0. The average Bonchev–Trinajstić information content (AvgIpc) is 2.53. The quantitative estimate of drug-likeness (QED) is 0.721. The second kappa shape index (κ2) is 6.15. The number of rotatable bonds is 3. The molecule has 0 saturated carbocycles. The van der Waals surface area contributed by atoms with Crippen LogP contribution in [0, 0.1) is 6.92 Å². The zero-order valence-electron chi connectivity index (χ0n) is 13.7. The number of aryl methyl sites for hydroxylation is 1. The first-order valence-electron chi connectivity index (χ1n) is 7.97. The van der Waals surface area contributed by atoms with Gasteiger partial charge < -0.3 is 10.2 Å². The molecular weight excluding hydrogens is 284 g/mol. The van der Waals surface area contributed by atoms with Gasteiger partial charge in [0.25, 0.3) is 0 Å². The van der Waals surface area contributed by atoms with Crippen molar-refractivity contribution in [2.24, 2.45) is 0 Å². The number of benzene rings is 3. The van der Waals surface area contributed by atoms with Crippen LogP contribution in [0.3, 0.4) is 0 Å². The summed E-state index contributed by atoms with van der Waals surface area (Å²) < 4.78 is 0. The summed E-state index contributed by atoms with van der Waals surface area (Å²) in [4.78, 5) is 0. The molecule has 2 nitrogen and oxygen atoms in total. The summed E-state index contributed by atoms with van der Waals surface area (Å²) in [5.74, 6) is 0. The molecule has 0 aliphatic carbocycles. The van der Waals surface area contributed by atoms with E-state index in [2.05, 4.69) is 31.2 Å². The van der Waals surface area contributed by atoms with Crippen LogP contribution in [0.1, 0.15) is 42.7 Å². The Kier molecular flexibility index (Phi) is 4.20. The normalized spacial score (nSPS) is 14.0. The van der Waals surface area contributed by atoms with E-state index in [0.717, 1.165) is 33.0 Å². The molecule has 0 saturated heterocycles. The van der Waals surface area contributed by atoms with Gasteiger partial charge in [-0.15, -0.1) is 0 Å². The minimum Gasteiger partial charge on any atom is -0.389 e. The lowest BCUT2D eigenvalue weighted by Crippen LogP contribution is -1.95. The van der Waals surface area contributed by atoms with Crippen molar-refractivity contribution in [1.29, 1.82) is 0 Å². The van der Waals surface area contributed by atoms with Gasteiger partial charge in [0, 0.05) is 0 Å². The SMILES string of the molecule is Cc1ccc(C(C)O)cc1-c1ccc2cccc(C(C)O)c2c1. The van der Waals surface area contributed by atoms with E-state index in [1.54, 1.807) is 13.8 Å². The molecule has 23 heavy (non-hydrogen) atoms. The van der Waals surface area contributed by atoms with E-state index < -0.39 is 12.2 Å². The zero-order valence-corrected chi connectivity index (χ0v) is 13.7. The highest BCUT2D eigenvalue weighted by molar-refractivity contribution is 5.90. The molecule has 0 aliphatic heterocycles. The highest BCUT2D eigenvalue weighted by atomic mass is 16.3. The van der Waals surface area contributed by atoms with Crippen molar-refractivity contribution >= 4 is 10.8 Å². The Morgan fingerprint density at radius 2 is 1.61 bits per heavy atom. The molecule has 118 valence electrons. The van der Waals surface area contributed by atoms with Crippen LogP contribution in [0.25, 0.3) is 21.9 Å². The fourth-order valence-corrected chi connectivity index (χ4v) is 3.04. The summed E-state index contributed by atoms with van der Waals surface area (Å²) in [7, 11) is 0.